The van der Waals surface area contributed by atoms with Gasteiger partial charge in [-0.15, -0.1) is 0 Å². The van der Waals surface area contributed by atoms with Crippen molar-refractivity contribution in [3.05, 3.63) is 0 Å². The Morgan fingerprint density at radius 2 is 2.11 bits per heavy atom. The highest BCUT2D eigenvalue weighted by Gasteiger charge is 2.36. The lowest BCUT2D eigenvalue weighted by atomic mass is 9.75. The van der Waals surface area contributed by atoms with E-state index in [1.807, 2.05) is 0 Å². The van der Waals surface area contributed by atoms with Crippen LogP contribution in [0.3, 0.4) is 0 Å². The van der Waals surface area contributed by atoms with E-state index >= 15 is 0 Å². The quantitative estimate of drug-likeness (QED) is 0.746. The van der Waals surface area contributed by atoms with Gasteiger partial charge in [0.25, 0.3) is 0 Å². The average Bonchev–Trinajstić information content (AvgIpc) is 2.33. The second-order valence-corrected chi connectivity index (χ2v) is 6.74. The molecule has 1 saturated carbocycles. The van der Waals surface area contributed by atoms with E-state index in [0.29, 0.717) is 11.6 Å². The molecule has 1 aliphatic rings. The van der Waals surface area contributed by atoms with Crippen molar-refractivity contribution in [2.45, 2.75) is 77.3 Å². The smallest absolute Gasteiger partial charge is 0.0330 e. The van der Waals surface area contributed by atoms with Crippen LogP contribution in [0, 0.1) is 5.92 Å². The molecule has 1 N–H and O–H groups in total. The number of unbranched alkanes of at least 4 members (excludes halogenated alkanes) is 1. The molecule has 0 aromatic heterocycles. The highest BCUT2D eigenvalue weighted by Crippen LogP contribution is 2.35. The fourth-order valence-electron chi connectivity index (χ4n) is 3.33. The van der Waals surface area contributed by atoms with Gasteiger partial charge in [0.15, 0.2) is 0 Å². The summed E-state index contributed by atoms with van der Waals surface area (Å²) in [5.74, 6) is 0.883. The molecule has 1 rings (SSSR count). The Bertz CT molecular complexity index is 227. The first-order valence-electron chi connectivity index (χ1n) is 7.91. The lowest BCUT2D eigenvalue weighted by molar-refractivity contribution is 0.0724. The van der Waals surface area contributed by atoms with Gasteiger partial charge < -0.3 is 10.2 Å². The van der Waals surface area contributed by atoms with E-state index in [4.69, 9.17) is 0 Å². The van der Waals surface area contributed by atoms with Crippen LogP contribution >= 0.6 is 0 Å². The van der Waals surface area contributed by atoms with Crippen molar-refractivity contribution in [1.82, 2.24) is 10.2 Å². The normalized spacial score (nSPS) is 30.7. The Balaban J connectivity index is 2.47. The second-order valence-electron chi connectivity index (χ2n) is 6.74. The molecule has 3 unspecified atom stereocenters. The van der Waals surface area contributed by atoms with Gasteiger partial charge >= 0.3 is 0 Å². The minimum Gasteiger partial charge on any atom is -0.312 e. The number of likely N-dealkylation sites (N-methyl/N-ethyl adjacent to an activating group) is 1. The third kappa shape index (κ3) is 4.55. The van der Waals surface area contributed by atoms with E-state index in [-0.39, 0.29) is 0 Å². The zero-order chi connectivity index (χ0) is 13.6. The lowest BCUT2D eigenvalue weighted by Gasteiger charge is -2.46. The maximum atomic E-state index is 3.79. The van der Waals surface area contributed by atoms with Crippen LogP contribution in [0.2, 0.25) is 0 Å². The molecule has 0 aromatic rings. The van der Waals surface area contributed by atoms with Crippen LogP contribution in [-0.2, 0) is 0 Å². The molecule has 3 atom stereocenters. The number of rotatable bonds is 7. The first-order valence-corrected chi connectivity index (χ1v) is 7.91. The van der Waals surface area contributed by atoms with Gasteiger partial charge in [-0.1, -0.05) is 39.5 Å². The highest BCUT2D eigenvalue weighted by atomic mass is 15.2. The Labute approximate surface area is 115 Å². The fraction of sp³-hybridized carbons (Fsp3) is 1.00. The number of hydrogen-bond donors (Lipinski definition) is 1. The van der Waals surface area contributed by atoms with Gasteiger partial charge in [-0.2, -0.15) is 0 Å². The summed E-state index contributed by atoms with van der Waals surface area (Å²) in [5, 5.41) is 3.79. The molecule has 1 fully saturated rings. The van der Waals surface area contributed by atoms with E-state index < -0.39 is 0 Å². The summed E-state index contributed by atoms with van der Waals surface area (Å²) in [6.45, 7) is 8.19. The van der Waals surface area contributed by atoms with Crippen LogP contribution in [0.4, 0.5) is 0 Å². The summed E-state index contributed by atoms with van der Waals surface area (Å²) in [5.41, 5.74) is 0.401. The molecular formula is C16H34N2. The van der Waals surface area contributed by atoms with Crippen LogP contribution in [-0.4, -0.2) is 37.1 Å². The van der Waals surface area contributed by atoms with Crippen LogP contribution in [0.15, 0.2) is 0 Å². The van der Waals surface area contributed by atoms with Gasteiger partial charge in [0.05, 0.1) is 0 Å². The molecule has 0 heterocycles. The van der Waals surface area contributed by atoms with Gasteiger partial charge in [-0.3, -0.25) is 0 Å². The predicted molar refractivity (Wildman–Crippen MR) is 81.0 cm³/mol. The Hall–Kier alpha value is -0.0800. The average molecular weight is 254 g/mol. The maximum absolute atomic E-state index is 3.79. The molecule has 0 bridgehead atoms. The van der Waals surface area contributed by atoms with Gasteiger partial charge in [-0.05, 0) is 46.2 Å². The molecule has 0 amide bonds. The van der Waals surface area contributed by atoms with E-state index in [1.54, 1.807) is 0 Å². The SMILES string of the molecule is CCCCC(C)NCC1(N(C)C)CCCC(C)C1. The largest absolute Gasteiger partial charge is 0.312 e. The lowest BCUT2D eigenvalue weighted by Crippen LogP contribution is -2.55. The van der Waals surface area contributed by atoms with Crippen molar-refractivity contribution in [3.8, 4) is 0 Å². The van der Waals surface area contributed by atoms with Crippen molar-refractivity contribution in [2.24, 2.45) is 5.92 Å². The second kappa shape index (κ2) is 7.49. The Morgan fingerprint density at radius 1 is 1.39 bits per heavy atom. The molecular weight excluding hydrogens is 220 g/mol. The van der Waals surface area contributed by atoms with Crippen LogP contribution in [0.5, 0.6) is 0 Å². The first-order chi connectivity index (χ1) is 8.50. The van der Waals surface area contributed by atoms with Gasteiger partial charge in [0, 0.05) is 18.1 Å². The molecule has 2 heteroatoms. The predicted octanol–water partition coefficient (Wildman–Crippen LogP) is 3.67. The summed E-state index contributed by atoms with van der Waals surface area (Å²) in [7, 11) is 4.52. The third-order valence-electron chi connectivity index (χ3n) is 4.79. The van der Waals surface area contributed by atoms with Gasteiger partial charge in [-0.25, -0.2) is 0 Å². The van der Waals surface area contributed by atoms with Crippen molar-refractivity contribution in [3.63, 3.8) is 0 Å². The molecule has 0 aliphatic heterocycles. The number of nitrogens with one attached hydrogen (secondary N) is 1. The van der Waals surface area contributed by atoms with Gasteiger partial charge in [0.2, 0.25) is 0 Å². The summed E-state index contributed by atoms with van der Waals surface area (Å²) in [6, 6.07) is 0.666. The maximum Gasteiger partial charge on any atom is 0.0330 e. The Kier molecular flexibility index (Phi) is 6.65. The summed E-state index contributed by atoms with van der Waals surface area (Å²) in [4.78, 5) is 2.47. The van der Waals surface area contributed by atoms with Crippen LogP contribution in [0.25, 0.3) is 0 Å². The first kappa shape index (κ1) is 16.0. The van der Waals surface area contributed by atoms with E-state index in [0.717, 1.165) is 12.5 Å². The van der Waals surface area contributed by atoms with E-state index in [9.17, 15) is 0 Å². The van der Waals surface area contributed by atoms with Crippen LogP contribution < -0.4 is 5.32 Å². The monoisotopic (exact) mass is 254 g/mol. The summed E-state index contributed by atoms with van der Waals surface area (Å²) >= 11 is 0. The minimum absolute atomic E-state index is 0.401. The minimum atomic E-state index is 0.401. The van der Waals surface area contributed by atoms with E-state index in [2.05, 4.69) is 45.1 Å². The molecule has 18 heavy (non-hydrogen) atoms. The van der Waals surface area contributed by atoms with Crippen molar-refractivity contribution in [2.75, 3.05) is 20.6 Å². The van der Waals surface area contributed by atoms with Crippen molar-refractivity contribution < 1.29 is 0 Å². The zero-order valence-electron chi connectivity index (χ0n) is 13.3. The highest BCUT2D eigenvalue weighted by molar-refractivity contribution is 4.95. The topological polar surface area (TPSA) is 15.3 Å². The third-order valence-corrected chi connectivity index (χ3v) is 4.79. The summed E-state index contributed by atoms with van der Waals surface area (Å²) < 4.78 is 0. The molecule has 0 aromatic carbocycles. The number of nitrogens with zero attached hydrogens (tertiary/aromatic N) is 1. The summed E-state index contributed by atoms with van der Waals surface area (Å²) in [6.07, 6.45) is 9.49. The fourth-order valence-corrected chi connectivity index (χ4v) is 3.33. The molecule has 0 spiro atoms. The molecule has 0 radical (unpaired) electrons. The molecule has 2 nitrogen and oxygen atoms in total. The van der Waals surface area contributed by atoms with Crippen molar-refractivity contribution in [1.29, 1.82) is 0 Å². The zero-order valence-corrected chi connectivity index (χ0v) is 13.3. The molecule has 0 saturated heterocycles. The Morgan fingerprint density at radius 3 is 2.67 bits per heavy atom. The van der Waals surface area contributed by atoms with Gasteiger partial charge in [0.1, 0.15) is 0 Å². The van der Waals surface area contributed by atoms with E-state index in [1.165, 1.54) is 44.9 Å². The van der Waals surface area contributed by atoms with Crippen molar-refractivity contribution >= 4 is 0 Å². The number of hydrogen-bond acceptors (Lipinski definition) is 2. The standard InChI is InChI=1S/C16H34N2/c1-6-7-10-15(3)17-13-16(18(4)5)11-8-9-14(2)12-16/h14-15,17H,6-13H2,1-5H3. The molecule has 108 valence electrons. The molecule has 1 aliphatic carbocycles. The van der Waals surface area contributed by atoms with Crippen LogP contribution in [0.1, 0.15) is 65.7 Å².